The minimum atomic E-state index is -1.49. The summed E-state index contributed by atoms with van der Waals surface area (Å²) in [5.74, 6) is -1.35. The number of hydrogen-bond donors (Lipinski definition) is 1. The van der Waals surface area contributed by atoms with Gasteiger partial charge in [-0.2, -0.15) is 0 Å². The number of benzene rings is 2. The van der Waals surface area contributed by atoms with Crippen LogP contribution in [0.25, 0.3) is 11.1 Å². The van der Waals surface area contributed by atoms with Crippen LogP contribution in [0.3, 0.4) is 0 Å². The molecule has 1 unspecified atom stereocenters. The van der Waals surface area contributed by atoms with Crippen LogP contribution in [0.1, 0.15) is 70.4 Å². The van der Waals surface area contributed by atoms with Gasteiger partial charge in [-0.25, -0.2) is 14.4 Å². The molecule has 2 aromatic carbocycles. The summed E-state index contributed by atoms with van der Waals surface area (Å²) in [7, 11) is 4.09. The highest BCUT2D eigenvalue weighted by molar-refractivity contribution is 5.85. The van der Waals surface area contributed by atoms with Crippen molar-refractivity contribution in [3.63, 3.8) is 0 Å². The molecule has 9 nitrogen and oxygen atoms in total. The van der Waals surface area contributed by atoms with Gasteiger partial charge in [0.2, 0.25) is 0 Å². The number of ether oxygens (including phenoxy) is 2. The average molecular weight is 606 g/mol. The first-order valence-electron chi connectivity index (χ1n) is 15.8. The Labute approximate surface area is 261 Å². The van der Waals surface area contributed by atoms with E-state index >= 15 is 0 Å². The zero-order chi connectivity index (χ0) is 31.8. The molecule has 1 N–H and O–H groups in total. The minimum absolute atomic E-state index is 0.122. The van der Waals surface area contributed by atoms with Crippen molar-refractivity contribution in [2.75, 3.05) is 40.3 Å². The van der Waals surface area contributed by atoms with E-state index in [1.165, 1.54) is 4.90 Å². The van der Waals surface area contributed by atoms with Crippen LogP contribution in [0, 0.1) is 11.8 Å². The summed E-state index contributed by atoms with van der Waals surface area (Å²) in [6.45, 7) is 8.32. The SMILES string of the molecule is CN(C)C1CC(CN(C(=O)OCC2c3ccccc3-c3ccccc32)C(C)(C(=O)O)C2CCN(C(=O)OC(C)(C)C)CC2)C1. The Hall–Kier alpha value is -3.59. The molecule has 1 aliphatic heterocycles. The van der Waals surface area contributed by atoms with E-state index in [1.807, 2.05) is 59.1 Å². The summed E-state index contributed by atoms with van der Waals surface area (Å²) in [6.07, 6.45) is 1.69. The lowest BCUT2D eigenvalue weighted by molar-refractivity contribution is -0.155. The molecule has 9 heteroatoms. The average Bonchev–Trinajstić information content (AvgIpc) is 3.27. The molecule has 2 aromatic rings. The second kappa shape index (κ2) is 12.4. The molecule has 1 heterocycles. The fourth-order valence-electron chi connectivity index (χ4n) is 7.12. The van der Waals surface area contributed by atoms with Crippen molar-refractivity contribution >= 4 is 18.2 Å². The molecule has 3 aliphatic rings. The quantitative estimate of drug-likeness (QED) is 0.390. The summed E-state index contributed by atoms with van der Waals surface area (Å²) in [5, 5.41) is 10.8. The Bertz CT molecular complexity index is 1330. The molecule has 0 bridgehead atoms. The lowest BCUT2D eigenvalue weighted by atomic mass is 9.75. The number of aliphatic carboxylic acids is 1. The van der Waals surface area contributed by atoms with Gasteiger partial charge in [0.25, 0.3) is 0 Å². The number of carbonyl (C=O) groups is 3. The zero-order valence-electron chi connectivity index (χ0n) is 26.9. The molecule has 2 amide bonds. The standard InChI is InChI=1S/C35H47N3O6/c1-34(2,3)44-32(41)37-17-15-24(16-18-37)35(4,31(39)40)38(21-23-19-25(20-23)36(5)6)33(42)43-22-30-28-13-9-7-11-26(28)27-12-8-10-14-29(27)30/h7-14,23-25,30H,15-22H2,1-6H3,(H,39,40). The van der Waals surface area contributed by atoms with Gasteiger partial charge in [0.1, 0.15) is 17.7 Å². The van der Waals surface area contributed by atoms with Crippen molar-refractivity contribution in [3.8, 4) is 11.1 Å². The van der Waals surface area contributed by atoms with Crippen LogP contribution in [-0.4, -0.2) is 95.5 Å². The Morgan fingerprint density at radius 2 is 1.45 bits per heavy atom. The molecule has 2 fully saturated rings. The van der Waals surface area contributed by atoms with E-state index in [2.05, 4.69) is 29.2 Å². The van der Waals surface area contributed by atoms with E-state index in [9.17, 15) is 19.5 Å². The largest absolute Gasteiger partial charge is 0.479 e. The van der Waals surface area contributed by atoms with Crippen molar-refractivity contribution in [1.29, 1.82) is 0 Å². The Morgan fingerprint density at radius 3 is 1.95 bits per heavy atom. The van der Waals surface area contributed by atoms with Crippen LogP contribution >= 0.6 is 0 Å². The maximum atomic E-state index is 14.1. The fourth-order valence-corrected chi connectivity index (χ4v) is 7.12. The van der Waals surface area contributed by atoms with E-state index in [0.717, 1.165) is 35.1 Å². The molecule has 2 aliphatic carbocycles. The number of carboxylic acid groups (broad SMARTS) is 1. The van der Waals surface area contributed by atoms with Gasteiger partial charge in [-0.3, -0.25) is 4.90 Å². The number of nitrogens with zero attached hydrogens (tertiary/aromatic N) is 3. The molecule has 238 valence electrons. The first kappa shape index (κ1) is 31.8. The predicted molar refractivity (Wildman–Crippen MR) is 169 cm³/mol. The van der Waals surface area contributed by atoms with Crippen LogP contribution in [0.4, 0.5) is 9.59 Å². The summed E-state index contributed by atoms with van der Waals surface area (Å²) < 4.78 is 11.6. The molecule has 5 rings (SSSR count). The second-order valence-corrected chi connectivity index (χ2v) is 14.1. The van der Waals surface area contributed by atoms with Gasteiger partial charge in [0.15, 0.2) is 0 Å². The van der Waals surface area contributed by atoms with Gasteiger partial charge in [0, 0.05) is 31.6 Å². The van der Waals surface area contributed by atoms with E-state index in [1.54, 1.807) is 11.8 Å². The highest BCUT2D eigenvalue weighted by Gasteiger charge is 2.52. The number of likely N-dealkylation sites (tertiary alicyclic amines) is 1. The maximum absolute atomic E-state index is 14.1. The first-order valence-corrected chi connectivity index (χ1v) is 15.8. The number of amides is 2. The first-order chi connectivity index (χ1) is 20.8. The molecule has 0 spiro atoms. The molecular weight excluding hydrogens is 558 g/mol. The second-order valence-electron chi connectivity index (χ2n) is 14.1. The van der Waals surface area contributed by atoms with Crippen molar-refractivity contribution in [1.82, 2.24) is 14.7 Å². The number of hydrogen-bond acceptors (Lipinski definition) is 6. The monoisotopic (exact) mass is 605 g/mol. The smallest absolute Gasteiger partial charge is 0.410 e. The molecule has 0 radical (unpaired) electrons. The van der Waals surface area contributed by atoms with Crippen LogP contribution in [-0.2, 0) is 14.3 Å². The number of rotatable bonds is 8. The highest BCUT2D eigenvalue weighted by Crippen LogP contribution is 2.45. The van der Waals surface area contributed by atoms with E-state index in [0.29, 0.717) is 38.5 Å². The van der Waals surface area contributed by atoms with Crippen LogP contribution < -0.4 is 0 Å². The van der Waals surface area contributed by atoms with Gasteiger partial charge in [0.05, 0.1) is 0 Å². The van der Waals surface area contributed by atoms with Gasteiger partial charge in [-0.05, 0) is 102 Å². The van der Waals surface area contributed by atoms with Crippen molar-refractivity contribution in [2.24, 2.45) is 11.8 Å². The lowest BCUT2D eigenvalue weighted by Gasteiger charge is -2.49. The summed E-state index contributed by atoms with van der Waals surface area (Å²) in [6, 6.07) is 16.7. The number of carbonyl (C=O) groups excluding carboxylic acids is 2. The normalized spacial score (nSPS) is 21.6. The predicted octanol–water partition coefficient (Wildman–Crippen LogP) is 6.07. The third kappa shape index (κ3) is 6.29. The van der Waals surface area contributed by atoms with Crippen molar-refractivity contribution < 1.29 is 29.0 Å². The van der Waals surface area contributed by atoms with E-state index in [-0.39, 0.29) is 24.4 Å². The number of fused-ring (bicyclic) bond motifs is 3. The van der Waals surface area contributed by atoms with Gasteiger partial charge in [-0.1, -0.05) is 48.5 Å². The molecule has 0 aromatic heterocycles. The topological polar surface area (TPSA) is 99.6 Å². The van der Waals surface area contributed by atoms with E-state index < -0.39 is 29.3 Å². The minimum Gasteiger partial charge on any atom is -0.479 e. The van der Waals surface area contributed by atoms with E-state index in [4.69, 9.17) is 9.47 Å². The van der Waals surface area contributed by atoms with Crippen molar-refractivity contribution in [2.45, 2.75) is 76.5 Å². The highest BCUT2D eigenvalue weighted by atomic mass is 16.6. The third-order valence-corrected chi connectivity index (χ3v) is 9.87. The molecule has 1 saturated carbocycles. The lowest BCUT2D eigenvalue weighted by Crippen LogP contribution is -2.63. The summed E-state index contributed by atoms with van der Waals surface area (Å²) >= 11 is 0. The number of piperidine rings is 1. The maximum Gasteiger partial charge on any atom is 0.410 e. The van der Waals surface area contributed by atoms with Crippen LogP contribution in [0.5, 0.6) is 0 Å². The van der Waals surface area contributed by atoms with Crippen LogP contribution in [0.15, 0.2) is 48.5 Å². The Morgan fingerprint density at radius 1 is 0.909 bits per heavy atom. The third-order valence-electron chi connectivity index (χ3n) is 9.87. The van der Waals surface area contributed by atoms with Gasteiger partial charge >= 0.3 is 18.2 Å². The molecule has 44 heavy (non-hydrogen) atoms. The summed E-state index contributed by atoms with van der Waals surface area (Å²) in [5.41, 5.74) is 2.38. The fraction of sp³-hybridized carbons (Fsp3) is 0.571. The van der Waals surface area contributed by atoms with Gasteiger partial charge in [-0.15, -0.1) is 0 Å². The van der Waals surface area contributed by atoms with Crippen LogP contribution in [0.2, 0.25) is 0 Å². The molecule has 1 atom stereocenters. The Balaban J connectivity index is 1.35. The number of carboxylic acids is 1. The summed E-state index contributed by atoms with van der Waals surface area (Å²) in [4.78, 5) is 45.3. The molecule has 1 saturated heterocycles. The molecular formula is C35H47N3O6. The Kier molecular flexibility index (Phi) is 8.99. The zero-order valence-corrected chi connectivity index (χ0v) is 26.9. The van der Waals surface area contributed by atoms with Crippen molar-refractivity contribution in [3.05, 3.63) is 59.7 Å². The van der Waals surface area contributed by atoms with Gasteiger partial charge < -0.3 is 24.4 Å².